The van der Waals surface area contributed by atoms with Crippen LogP contribution in [0.2, 0.25) is 0 Å². The highest BCUT2D eigenvalue weighted by Gasteiger charge is 2.17. The molecule has 0 radical (unpaired) electrons. The molecular weight excluding hydrogens is 534 g/mol. The van der Waals surface area contributed by atoms with Crippen molar-refractivity contribution in [2.75, 3.05) is 63.5 Å². The van der Waals surface area contributed by atoms with E-state index in [1.165, 1.54) is 11.3 Å². The Kier molecular flexibility index (Phi) is 10.7. The Balaban J connectivity index is 1.19. The van der Waals surface area contributed by atoms with E-state index < -0.39 is 0 Å². The lowest BCUT2D eigenvalue weighted by molar-refractivity contribution is 0.0328. The Morgan fingerprint density at radius 1 is 0.762 bits per heavy atom. The molecule has 0 bridgehead atoms. The maximum absolute atomic E-state index is 5.97. The van der Waals surface area contributed by atoms with Gasteiger partial charge >= 0.3 is 0 Å². The second kappa shape index (κ2) is 15.3. The Hall–Kier alpha value is -4.05. The molecule has 0 spiro atoms. The summed E-state index contributed by atoms with van der Waals surface area (Å²) in [6.07, 6.45) is 1.66. The normalized spacial score (nSPS) is 13.2. The third-order valence-electron chi connectivity index (χ3n) is 7.00. The van der Waals surface area contributed by atoms with Crippen LogP contribution in [0.25, 0.3) is 0 Å². The molecule has 5 rings (SSSR count). The third-order valence-corrected chi connectivity index (χ3v) is 7.00. The number of nitrogens with zero attached hydrogens (tertiary/aromatic N) is 3. The summed E-state index contributed by atoms with van der Waals surface area (Å²) in [5.74, 6) is 1.64. The van der Waals surface area contributed by atoms with Crippen LogP contribution in [0.1, 0.15) is 22.4 Å². The third kappa shape index (κ3) is 8.48. The zero-order chi connectivity index (χ0) is 29.0. The first-order valence-electron chi connectivity index (χ1n) is 14.2. The van der Waals surface area contributed by atoms with E-state index in [1.807, 2.05) is 42.5 Å². The first kappa shape index (κ1) is 29.4. The van der Waals surface area contributed by atoms with E-state index in [0.29, 0.717) is 45.5 Å². The first-order valence-corrected chi connectivity index (χ1v) is 14.2. The molecule has 9 nitrogen and oxygen atoms in total. The summed E-state index contributed by atoms with van der Waals surface area (Å²) >= 11 is 0. The molecule has 0 unspecified atom stereocenters. The maximum atomic E-state index is 5.97. The van der Waals surface area contributed by atoms with Crippen molar-refractivity contribution in [3.05, 3.63) is 101 Å². The van der Waals surface area contributed by atoms with Gasteiger partial charge in [-0.2, -0.15) is 4.98 Å². The van der Waals surface area contributed by atoms with Crippen molar-refractivity contribution < 1.29 is 28.1 Å². The van der Waals surface area contributed by atoms with Crippen molar-refractivity contribution in [1.29, 1.82) is 0 Å². The van der Waals surface area contributed by atoms with Crippen LogP contribution in [-0.4, -0.2) is 58.7 Å². The van der Waals surface area contributed by atoms with Gasteiger partial charge in [0, 0.05) is 31.9 Å². The van der Waals surface area contributed by atoms with Gasteiger partial charge < -0.3 is 37.9 Å². The number of rotatable bonds is 15. The Morgan fingerprint density at radius 2 is 1.38 bits per heavy atom. The van der Waals surface area contributed by atoms with E-state index in [-0.39, 0.29) is 0 Å². The van der Waals surface area contributed by atoms with E-state index in [4.69, 9.17) is 33.1 Å². The molecule has 222 valence electrons. The van der Waals surface area contributed by atoms with Crippen molar-refractivity contribution in [1.82, 2.24) is 4.98 Å². The van der Waals surface area contributed by atoms with Crippen molar-refractivity contribution >= 4 is 11.7 Å². The number of morpholine rings is 1. The topological polar surface area (TPSA) is 78.7 Å². The first-order chi connectivity index (χ1) is 20.7. The van der Waals surface area contributed by atoms with Crippen LogP contribution in [0.4, 0.5) is 11.7 Å². The van der Waals surface area contributed by atoms with Crippen LogP contribution in [0, 0.1) is 0 Å². The number of hydrogen-bond donors (Lipinski definition) is 0. The van der Waals surface area contributed by atoms with Gasteiger partial charge in [-0.25, -0.2) is 0 Å². The average molecular weight is 574 g/mol. The summed E-state index contributed by atoms with van der Waals surface area (Å²) in [4.78, 5) is 9.26. The predicted octanol–water partition coefficient (Wildman–Crippen LogP) is 5.47. The fourth-order valence-electron chi connectivity index (χ4n) is 4.83. The van der Waals surface area contributed by atoms with Crippen LogP contribution in [0.5, 0.6) is 11.5 Å². The highest BCUT2D eigenvalue weighted by molar-refractivity contribution is 5.50. The molecule has 42 heavy (non-hydrogen) atoms. The summed E-state index contributed by atoms with van der Waals surface area (Å²) in [5, 5.41) is 0. The summed E-state index contributed by atoms with van der Waals surface area (Å²) in [6.45, 7) is 6.30. The molecule has 1 aliphatic heterocycles. The number of oxazole rings is 1. The molecule has 2 heterocycles. The Labute approximate surface area is 247 Å². The van der Waals surface area contributed by atoms with Gasteiger partial charge in [0.25, 0.3) is 6.01 Å². The van der Waals surface area contributed by atoms with Crippen molar-refractivity contribution in [2.24, 2.45) is 0 Å². The molecule has 1 aliphatic rings. The van der Waals surface area contributed by atoms with Gasteiger partial charge in [0.15, 0.2) is 0 Å². The summed E-state index contributed by atoms with van der Waals surface area (Å²) < 4.78 is 33.8. The minimum atomic E-state index is 0.339. The van der Waals surface area contributed by atoms with Crippen LogP contribution in [-0.2, 0) is 40.5 Å². The monoisotopic (exact) mass is 573 g/mol. The van der Waals surface area contributed by atoms with Crippen LogP contribution < -0.4 is 19.3 Å². The largest absolute Gasteiger partial charge is 0.497 e. The van der Waals surface area contributed by atoms with Gasteiger partial charge in [-0.3, -0.25) is 0 Å². The second-order valence-corrected chi connectivity index (χ2v) is 10.1. The van der Waals surface area contributed by atoms with Gasteiger partial charge in [0.2, 0.25) is 0 Å². The van der Waals surface area contributed by atoms with E-state index >= 15 is 0 Å². The maximum Gasteiger partial charge on any atom is 0.298 e. The molecule has 9 heteroatoms. The fraction of sp³-hybridized carbons (Fsp3) is 0.364. The lowest BCUT2D eigenvalue weighted by atomic mass is 10.1. The van der Waals surface area contributed by atoms with E-state index in [9.17, 15) is 0 Å². The number of hydrogen-bond acceptors (Lipinski definition) is 9. The van der Waals surface area contributed by atoms with Crippen molar-refractivity contribution in [3.8, 4) is 11.5 Å². The van der Waals surface area contributed by atoms with Crippen molar-refractivity contribution in [2.45, 2.75) is 26.3 Å². The second-order valence-electron chi connectivity index (χ2n) is 10.1. The fourth-order valence-corrected chi connectivity index (χ4v) is 4.83. The van der Waals surface area contributed by atoms with Crippen molar-refractivity contribution in [3.63, 3.8) is 0 Å². The zero-order valence-electron chi connectivity index (χ0n) is 24.4. The lowest BCUT2D eigenvalue weighted by Crippen LogP contribution is -2.36. The molecular formula is C33H39N3O6. The van der Waals surface area contributed by atoms with Gasteiger partial charge in [0.05, 0.1) is 53.9 Å². The smallest absolute Gasteiger partial charge is 0.298 e. The molecule has 0 N–H and O–H groups in total. The van der Waals surface area contributed by atoms with Crippen LogP contribution >= 0.6 is 0 Å². The number of methoxy groups -OCH3 is 2. The number of aromatic nitrogens is 1. The van der Waals surface area contributed by atoms with E-state index in [0.717, 1.165) is 54.6 Å². The average Bonchev–Trinajstić information content (AvgIpc) is 3.52. The van der Waals surface area contributed by atoms with Gasteiger partial charge in [-0.05, 0) is 53.1 Å². The molecule has 0 saturated carbocycles. The number of benzene rings is 3. The SMILES string of the molecule is COc1cccc(COCCOCc2coc(N(Cc3cccc(OC)c3)Cc3cccc(N4CCOCC4)c3)n2)c1. The predicted molar refractivity (Wildman–Crippen MR) is 161 cm³/mol. The highest BCUT2D eigenvalue weighted by atomic mass is 16.5. The van der Waals surface area contributed by atoms with E-state index in [2.05, 4.69) is 40.1 Å². The minimum absolute atomic E-state index is 0.339. The molecule has 0 amide bonds. The van der Waals surface area contributed by atoms with Gasteiger partial charge in [0.1, 0.15) is 23.5 Å². The molecule has 0 aliphatic carbocycles. The zero-order valence-corrected chi connectivity index (χ0v) is 24.4. The lowest BCUT2D eigenvalue weighted by Gasteiger charge is -2.29. The summed E-state index contributed by atoms with van der Waals surface area (Å²) in [7, 11) is 3.34. The quantitative estimate of drug-likeness (QED) is 0.172. The van der Waals surface area contributed by atoms with Gasteiger partial charge in [-0.15, -0.1) is 0 Å². The minimum Gasteiger partial charge on any atom is -0.497 e. The molecule has 3 aromatic carbocycles. The summed E-state index contributed by atoms with van der Waals surface area (Å²) in [5.41, 5.74) is 5.26. The molecule has 1 fully saturated rings. The number of ether oxygens (including phenoxy) is 5. The van der Waals surface area contributed by atoms with Crippen LogP contribution in [0.3, 0.4) is 0 Å². The standard InChI is InChI=1S/C33H39N3O6/c1-37-31-10-4-7-27(19-31)22-36(21-26-6-3-9-30(18-26)35-12-14-39-15-13-35)33-34-29(25-42-33)24-41-17-16-40-23-28-8-5-11-32(20-28)38-2/h3-11,18-20,25H,12-17,21-24H2,1-2H3. The van der Waals surface area contributed by atoms with Gasteiger partial charge in [-0.1, -0.05) is 36.4 Å². The molecule has 1 saturated heterocycles. The molecule has 1 aromatic heterocycles. The highest BCUT2D eigenvalue weighted by Crippen LogP contribution is 2.24. The molecule has 0 atom stereocenters. The Bertz CT molecular complexity index is 1390. The van der Waals surface area contributed by atoms with Crippen LogP contribution in [0.15, 0.2) is 83.5 Å². The summed E-state index contributed by atoms with van der Waals surface area (Å²) in [6, 6.07) is 25.1. The Morgan fingerprint density at radius 3 is 2.10 bits per heavy atom. The number of anilines is 2. The molecule has 4 aromatic rings. The van der Waals surface area contributed by atoms with E-state index in [1.54, 1.807) is 20.5 Å².